The molecule has 0 radical (unpaired) electrons. The van der Waals surface area contributed by atoms with Crippen molar-refractivity contribution in [3.8, 4) is 0 Å². The molecule has 0 aliphatic carbocycles. The van der Waals surface area contributed by atoms with Gasteiger partial charge in [0, 0.05) is 0 Å². The number of hydrogen-bond acceptors (Lipinski definition) is 10. The minimum Gasteiger partial charge on any atom is -0.394 e. The molecule has 1 saturated heterocycles. The molecule has 11 heteroatoms. The molecular formula is C53H105NO10. The molecule has 8 N–H and O–H groups in total. The molecule has 382 valence electrons. The highest BCUT2D eigenvalue weighted by atomic mass is 16.7. The average molecular weight is 916 g/mol. The van der Waals surface area contributed by atoms with Crippen molar-refractivity contribution in [2.75, 3.05) is 13.2 Å². The maximum Gasteiger partial charge on any atom is 0.249 e. The lowest BCUT2D eigenvalue weighted by Gasteiger charge is -2.40. The first-order chi connectivity index (χ1) is 31.2. The Kier molecular flexibility index (Phi) is 41.4. The number of aliphatic hydroxyl groups is 7. The van der Waals surface area contributed by atoms with Crippen LogP contribution in [0.2, 0.25) is 0 Å². The van der Waals surface area contributed by atoms with Crippen molar-refractivity contribution in [1.29, 1.82) is 0 Å². The van der Waals surface area contributed by atoms with Gasteiger partial charge in [-0.1, -0.05) is 251 Å². The van der Waals surface area contributed by atoms with Crippen LogP contribution >= 0.6 is 0 Å². The summed E-state index contributed by atoms with van der Waals surface area (Å²) < 4.78 is 11.1. The Morgan fingerprint density at radius 1 is 0.484 bits per heavy atom. The largest absolute Gasteiger partial charge is 0.394 e. The van der Waals surface area contributed by atoms with Gasteiger partial charge in [-0.3, -0.25) is 4.79 Å². The Labute approximate surface area is 392 Å². The zero-order valence-corrected chi connectivity index (χ0v) is 41.5. The Hall–Kier alpha value is -0.890. The quantitative estimate of drug-likeness (QED) is 0.0273. The summed E-state index contributed by atoms with van der Waals surface area (Å²) in [5.41, 5.74) is 0. The van der Waals surface area contributed by atoms with E-state index in [0.29, 0.717) is 19.3 Å². The smallest absolute Gasteiger partial charge is 0.249 e. The van der Waals surface area contributed by atoms with Gasteiger partial charge in [-0.15, -0.1) is 0 Å². The molecule has 0 spiro atoms. The fourth-order valence-electron chi connectivity index (χ4n) is 9.15. The third-order valence-corrected chi connectivity index (χ3v) is 13.7. The van der Waals surface area contributed by atoms with Crippen LogP contribution in [0, 0.1) is 0 Å². The summed E-state index contributed by atoms with van der Waals surface area (Å²) in [5.74, 6) is -0.692. The fourth-order valence-corrected chi connectivity index (χ4v) is 9.15. The SMILES string of the molecule is CCCCCCCCCCCCCCCCCCCCCCCCCCCCCC(O)C(=O)NC(COC1OC(CO)C(O)C(O)C1O)C(O)C(O)CCCCCCCCCCCC. The second-order valence-electron chi connectivity index (χ2n) is 19.7. The summed E-state index contributed by atoms with van der Waals surface area (Å²) >= 11 is 0. The second kappa shape index (κ2) is 43.4. The number of hydrogen-bond donors (Lipinski definition) is 8. The lowest BCUT2D eigenvalue weighted by atomic mass is 9.98. The van der Waals surface area contributed by atoms with Crippen LogP contribution in [0.4, 0.5) is 0 Å². The molecule has 0 aromatic carbocycles. The van der Waals surface area contributed by atoms with Gasteiger partial charge >= 0.3 is 0 Å². The van der Waals surface area contributed by atoms with E-state index < -0.39 is 74.2 Å². The highest BCUT2D eigenvalue weighted by Crippen LogP contribution is 2.23. The molecule has 1 aliphatic heterocycles. The predicted octanol–water partition coefficient (Wildman–Crippen LogP) is 10.6. The Balaban J connectivity index is 2.22. The van der Waals surface area contributed by atoms with E-state index in [1.165, 1.54) is 186 Å². The molecule has 0 aromatic heterocycles. The van der Waals surface area contributed by atoms with E-state index in [9.17, 15) is 40.5 Å². The molecule has 1 amide bonds. The summed E-state index contributed by atoms with van der Waals surface area (Å²) in [6.07, 6.45) is 36.1. The minimum atomic E-state index is -1.66. The van der Waals surface area contributed by atoms with Gasteiger partial charge in [0.15, 0.2) is 6.29 Å². The van der Waals surface area contributed by atoms with E-state index in [4.69, 9.17) is 9.47 Å². The lowest BCUT2D eigenvalue weighted by molar-refractivity contribution is -0.303. The molecule has 1 aliphatic rings. The van der Waals surface area contributed by atoms with Gasteiger partial charge in [-0.25, -0.2) is 0 Å². The van der Waals surface area contributed by atoms with Crippen LogP contribution in [0.1, 0.15) is 264 Å². The number of nitrogens with one attached hydrogen (secondary N) is 1. The third-order valence-electron chi connectivity index (χ3n) is 13.7. The van der Waals surface area contributed by atoms with E-state index in [-0.39, 0.29) is 6.42 Å². The summed E-state index contributed by atoms with van der Waals surface area (Å²) in [6, 6.07) is -1.16. The molecule has 1 fully saturated rings. The number of amides is 1. The molecule has 1 heterocycles. The first-order valence-corrected chi connectivity index (χ1v) is 27.4. The Morgan fingerprint density at radius 2 is 0.812 bits per heavy atom. The molecule has 0 bridgehead atoms. The number of aliphatic hydroxyl groups excluding tert-OH is 7. The van der Waals surface area contributed by atoms with E-state index in [0.717, 1.165) is 38.5 Å². The average Bonchev–Trinajstić information content (AvgIpc) is 3.29. The molecule has 9 unspecified atom stereocenters. The monoisotopic (exact) mass is 916 g/mol. The molecule has 9 atom stereocenters. The topological polar surface area (TPSA) is 189 Å². The third kappa shape index (κ3) is 32.0. The maximum absolute atomic E-state index is 13.1. The van der Waals surface area contributed by atoms with Gasteiger partial charge in [-0.05, 0) is 12.8 Å². The zero-order valence-electron chi connectivity index (χ0n) is 41.5. The van der Waals surface area contributed by atoms with Gasteiger partial charge in [0.05, 0.1) is 25.4 Å². The molecule has 0 aromatic rings. The predicted molar refractivity (Wildman–Crippen MR) is 261 cm³/mol. The summed E-state index contributed by atoms with van der Waals surface area (Å²) in [6.45, 7) is 3.45. The number of carbonyl (C=O) groups is 1. The summed E-state index contributed by atoms with van der Waals surface area (Å²) in [7, 11) is 0. The van der Waals surface area contributed by atoms with Gasteiger partial charge in [-0.2, -0.15) is 0 Å². The fraction of sp³-hybridized carbons (Fsp3) is 0.981. The van der Waals surface area contributed by atoms with Crippen LogP contribution in [-0.2, 0) is 14.3 Å². The number of rotatable bonds is 47. The summed E-state index contributed by atoms with van der Waals surface area (Å²) in [4.78, 5) is 13.1. The maximum atomic E-state index is 13.1. The minimum absolute atomic E-state index is 0.267. The van der Waals surface area contributed by atoms with Crippen LogP contribution in [0.3, 0.4) is 0 Å². The van der Waals surface area contributed by atoms with Gasteiger partial charge in [0.2, 0.25) is 5.91 Å². The first-order valence-electron chi connectivity index (χ1n) is 27.4. The van der Waals surface area contributed by atoms with Gasteiger partial charge < -0.3 is 50.5 Å². The Bertz CT molecular complexity index is 1010. The van der Waals surface area contributed by atoms with Crippen molar-refractivity contribution in [3.05, 3.63) is 0 Å². The first kappa shape index (κ1) is 61.1. The van der Waals surface area contributed by atoms with Gasteiger partial charge in [0.25, 0.3) is 0 Å². The van der Waals surface area contributed by atoms with Crippen molar-refractivity contribution < 1.29 is 50.0 Å². The zero-order chi connectivity index (χ0) is 46.9. The molecular weight excluding hydrogens is 811 g/mol. The number of ether oxygens (including phenoxy) is 2. The lowest BCUT2D eigenvalue weighted by Crippen LogP contribution is -2.60. The second-order valence-corrected chi connectivity index (χ2v) is 19.7. The van der Waals surface area contributed by atoms with Crippen molar-refractivity contribution in [2.45, 2.75) is 319 Å². The summed E-state index contributed by atoms with van der Waals surface area (Å²) in [5, 5.41) is 75.8. The van der Waals surface area contributed by atoms with Crippen LogP contribution < -0.4 is 5.32 Å². The van der Waals surface area contributed by atoms with Crippen molar-refractivity contribution in [3.63, 3.8) is 0 Å². The molecule has 11 nitrogen and oxygen atoms in total. The number of unbranched alkanes of at least 4 members (excludes halogenated alkanes) is 35. The van der Waals surface area contributed by atoms with E-state index in [1.54, 1.807) is 0 Å². The van der Waals surface area contributed by atoms with Crippen molar-refractivity contribution in [1.82, 2.24) is 5.32 Å². The molecule has 1 rings (SSSR count). The molecule has 64 heavy (non-hydrogen) atoms. The van der Waals surface area contributed by atoms with Gasteiger partial charge in [0.1, 0.15) is 36.6 Å². The van der Waals surface area contributed by atoms with E-state index in [1.807, 2.05) is 0 Å². The van der Waals surface area contributed by atoms with Crippen LogP contribution in [0.5, 0.6) is 0 Å². The molecule has 0 saturated carbocycles. The van der Waals surface area contributed by atoms with Crippen molar-refractivity contribution >= 4 is 5.91 Å². The highest BCUT2D eigenvalue weighted by Gasteiger charge is 2.44. The van der Waals surface area contributed by atoms with E-state index in [2.05, 4.69) is 19.2 Å². The Morgan fingerprint density at radius 3 is 1.16 bits per heavy atom. The van der Waals surface area contributed by atoms with E-state index >= 15 is 0 Å². The standard InChI is InChI=1S/C53H105NO10/c1-3-5-7-9-11-13-15-16-17-18-19-20-21-22-23-24-25-26-27-28-29-30-31-33-35-37-39-41-46(57)52(62)54-44(43-63-53-51(61)50(60)49(59)47(42-55)64-53)48(58)45(56)40-38-36-34-32-14-12-10-8-6-4-2/h44-51,53,55-61H,3-43H2,1-2H3,(H,54,62). The van der Waals surface area contributed by atoms with Crippen molar-refractivity contribution in [2.24, 2.45) is 0 Å². The van der Waals surface area contributed by atoms with Crippen LogP contribution in [0.25, 0.3) is 0 Å². The van der Waals surface area contributed by atoms with Crippen LogP contribution in [-0.4, -0.2) is 110 Å². The number of carbonyl (C=O) groups excluding carboxylic acids is 1. The van der Waals surface area contributed by atoms with Crippen LogP contribution in [0.15, 0.2) is 0 Å². The normalized spacial score (nSPS) is 20.9. The highest BCUT2D eigenvalue weighted by molar-refractivity contribution is 5.80.